The molecule has 0 saturated carbocycles. The Hall–Kier alpha value is -2.48. The minimum absolute atomic E-state index is 0.144. The third-order valence-electron chi connectivity index (χ3n) is 3.96. The van der Waals surface area contributed by atoms with E-state index in [4.69, 9.17) is 0 Å². The monoisotopic (exact) mass is 348 g/mol. The summed E-state index contributed by atoms with van der Waals surface area (Å²) in [6, 6.07) is 5.13. The summed E-state index contributed by atoms with van der Waals surface area (Å²) in [7, 11) is 0. The summed E-state index contributed by atoms with van der Waals surface area (Å²) in [6.07, 6.45) is 3.18. The van der Waals surface area contributed by atoms with Crippen molar-refractivity contribution in [3.8, 4) is 0 Å². The van der Waals surface area contributed by atoms with Crippen molar-refractivity contribution in [2.45, 2.75) is 12.8 Å². The molecule has 0 aliphatic carbocycles. The maximum absolute atomic E-state index is 12.8. The molecule has 0 spiro atoms. The highest BCUT2D eigenvalue weighted by atomic mass is 32.1. The summed E-state index contributed by atoms with van der Waals surface area (Å²) in [5.74, 6) is -1.23. The molecular formula is C16H17FN4O2S. The zero-order chi connectivity index (χ0) is 16.9. The number of amides is 2. The van der Waals surface area contributed by atoms with E-state index in [0.717, 1.165) is 18.2 Å². The zero-order valence-corrected chi connectivity index (χ0v) is 13.7. The number of thiazole rings is 1. The number of anilines is 1. The number of hydrogen-bond acceptors (Lipinski definition) is 5. The minimum atomic E-state index is -0.469. The van der Waals surface area contributed by atoms with Crippen LogP contribution in [0.1, 0.15) is 23.2 Å². The number of nitrogens with zero attached hydrogens (tertiary/aromatic N) is 2. The van der Waals surface area contributed by atoms with Crippen LogP contribution in [0.5, 0.6) is 0 Å². The first-order chi connectivity index (χ1) is 11.6. The van der Waals surface area contributed by atoms with Gasteiger partial charge in [0, 0.05) is 36.1 Å². The Labute approximate surface area is 142 Å². The Morgan fingerprint density at radius 3 is 2.50 bits per heavy atom. The number of carbonyl (C=O) groups excluding carboxylic acids is 2. The van der Waals surface area contributed by atoms with Gasteiger partial charge >= 0.3 is 0 Å². The zero-order valence-electron chi connectivity index (χ0n) is 12.9. The summed E-state index contributed by atoms with van der Waals surface area (Å²) >= 11 is 1.58. The van der Waals surface area contributed by atoms with E-state index in [1.807, 2.05) is 5.38 Å². The van der Waals surface area contributed by atoms with Gasteiger partial charge in [-0.25, -0.2) is 9.37 Å². The number of aromatic nitrogens is 1. The molecule has 8 heteroatoms. The maximum Gasteiger partial charge on any atom is 0.269 e. The molecule has 1 aliphatic heterocycles. The van der Waals surface area contributed by atoms with Crippen molar-refractivity contribution in [3.05, 3.63) is 47.2 Å². The first kappa shape index (κ1) is 16.4. The van der Waals surface area contributed by atoms with Crippen LogP contribution in [0.25, 0.3) is 0 Å². The van der Waals surface area contributed by atoms with Crippen LogP contribution < -0.4 is 15.8 Å². The lowest BCUT2D eigenvalue weighted by Crippen LogP contribution is -2.47. The van der Waals surface area contributed by atoms with Crippen molar-refractivity contribution in [3.63, 3.8) is 0 Å². The molecule has 1 fully saturated rings. The van der Waals surface area contributed by atoms with E-state index in [1.54, 1.807) is 17.5 Å². The topological polar surface area (TPSA) is 74.3 Å². The van der Waals surface area contributed by atoms with Gasteiger partial charge in [0.1, 0.15) is 5.82 Å². The predicted octanol–water partition coefficient (Wildman–Crippen LogP) is 1.96. The lowest BCUT2D eigenvalue weighted by molar-refractivity contribution is -0.126. The molecular weight excluding hydrogens is 331 g/mol. The van der Waals surface area contributed by atoms with Gasteiger partial charge in [0.15, 0.2) is 5.13 Å². The number of nitrogens with one attached hydrogen (secondary N) is 2. The Balaban J connectivity index is 1.46. The second kappa shape index (κ2) is 7.39. The number of benzene rings is 1. The third kappa shape index (κ3) is 3.88. The fourth-order valence-electron chi connectivity index (χ4n) is 2.60. The fourth-order valence-corrected chi connectivity index (χ4v) is 3.30. The molecule has 126 valence electrons. The normalized spacial score (nSPS) is 15.1. The second-order valence-corrected chi connectivity index (χ2v) is 6.40. The number of rotatable bonds is 3. The van der Waals surface area contributed by atoms with E-state index >= 15 is 0 Å². The number of hydrazine groups is 1. The average Bonchev–Trinajstić information content (AvgIpc) is 3.15. The Kier molecular flexibility index (Phi) is 5.05. The van der Waals surface area contributed by atoms with E-state index in [9.17, 15) is 14.0 Å². The molecule has 24 heavy (non-hydrogen) atoms. The average molecular weight is 348 g/mol. The first-order valence-electron chi connectivity index (χ1n) is 7.63. The van der Waals surface area contributed by atoms with Gasteiger partial charge in [0.05, 0.1) is 0 Å². The van der Waals surface area contributed by atoms with Crippen LogP contribution in [-0.4, -0.2) is 29.9 Å². The smallest absolute Gasteiger partial charge is 0.269 e. The van der Waals surface area contributed by atoms with Crippen molar-refractivity contribution in [1.82, 2.24) is 15.8 Å². The number of hydrogen-bond donors (Lipinski definition) is 2. The van der Waals surface area contributed by atoms with Crippen LogP contribution in [0.2, 0.25) is 0 Å². The second-order valence-electron chi connectivity index (χ2n) is 5.53. The Bertz CT molecular complexity index is 697. The lowest BCUT2D eigenvalue weighted by atomic mass is 9.96. The maximum atomic E-state index is 12.8. The molecule has 2 heterocycles. The standard InChI is InChI=1S/C16H17FN4O2S/c17-13-3-1-11(2-4-13)14(22)19-20-15(23)12-5-8-21(9-6-12)16-18-7-10-24-16/h1-4,7,10,12H,5-6,8-9H2,(H,19,22)(H,20,23). The molecule has 1 aromatic carbocycles. The first-order valence-corrected chi connectivity index (χ1v) is 8.51. The van der Waals surface area contributed by atoms with Crippen molar-refractivity contribution < 1.29 is 14.0 Å². The molecule has 3 rings (SSSR count). The predicted molar refractivity (Wildman–Crippen MR) is 89.1 cm³/mol. The Morgan fingerprint density at radius 1 is 1.17 bits per heavy atom. The van der Waals surface area contributed by atoms with Gasteiger partial charge in [-0.3, -0.25) is 20.4 Å². The van der Waals surface area contributed by atoms with E-state index in [2.05, 4.69) is 20.7 Å². The molecule has 1 aliphatic rings. The van der Waals surface area contributed by atoms with E-state index < -0.39 is 11.7 Å². The van der Waals surface area contributed by atoms with Gasteiger partial charge < -0.3 is 4.90 Å². The summed E-state index contributed by atoms with van der Waals surface area (Å²) in [5.41, 5.74) is 5.11. The lowest BCUT2D eigenvalue weighted by Gasteiger charge is -2.30. The highest BCUT2D eigenvalue weighted by molar-refractivity contribution is 7.13. The molecule has 1 saturated heterocycles. The number of piperidine rings is 1. The molecule has 0 radical (unpaired) electrons. The van der Waals surface area contributed by atoms with Crippen molar-refractivity contribution in [2.24, 2.45) is 5.92 Å². The van der Waals surface area contributed by atoms with Gasteiger partial charge in [-0.2, -0.15) is 0 Å². The van der Waals surface area contributed by atoms with Gasteiger partial charge in [-0.1, -0.05) is 0 Å². The van der Waals surface area contributed by atoms with Gasteiger partial charge in [0.2, 0.25) is 5.91 Å². The molecule has 2 aromatic rings. The Morgan fingerprint density at radius 2 is 1.88 bits per heavy atom. The van der Waals surface area contributed by atoms with E-state index in [-0.39, 0.29) is 17.4 Å². The van der Waals surface area contributed by atoms with Gasteiger partial charge in [0.25, 0.3) is 5.91 Å². The highest BCUT2D eigenvalue weighted by Crippen LogP contribution is 2.24. The van der Waals surface area contributed by atoms with Crippen LogP contribution in [0.3, 0.4) is 0 Å². The highest BCUT2D eigenvalue weighted by Gasteiger charge is 2.26. The minimum Gasteiger partial charge on any atom is -0.348 e. The molecule has 0 bridgehead atoms. The fraction of sp³-hybridized carbons (Fsp3) is 0.312. The number of carbonyl (C=O) groups is 2. The van der Waals surface area contributed by atoms with Gasteiger partial charge in [-0.15, -0.1) is 11.3 Å². The SMILES string of the molecule is O=C(NNC(=O)C1CCN(c2nccs2)CC1)c1ccc(F)cc1. The van der Waals surface area contributed by atoms with Crippen molar-refractivity contribution in [1.29, 1.82) is 0 Å². The summed E-state index contributed by atoms with van der Waals surface area (Å²) in [4.78, 5) is 30.5. The number of halogens is 1. The molecule has 0 atom stereocenters. The molecule has 6 nitrogen and oxygen atoms in total. The van der Waals surface area contributed by atoms with Crippen LogP contribution >= 0.6 is 11.3 Å². The van der Waals surface area contributed by atoms with Crippen LogP contribution in [0.4, 0.5) is 9.52 Å². The summed E-state index contributed by atoms with van der Waals surface area (Å²) in [6.45, 7) is 1.52. The summed E-state index contributed by atoms with van der Waals surface area (Å²) < 4.78 is 12.8. The van der Waals surface area contributed by atoms with Crippen molar-refractivity contribution >= 4 is 28.3 Å². The van der Waals surface area contributed by atoms with Crippen LogP contribution in [0.15, 0.2) is 35.8 Å². The van der Waals surface area contributed by atoms with Crippen molar-refractivity contribution in [2.75, 3.05) is 18.0 Å². The van der Waals surface area contributed by atoms with Crippen LogP contribution in [0, 0.1) is 11.7 Å². The molecule has 0 unspecified atom stereocenters. The third-order valence-corrected chi connectivity index (χ3v) is 4.79. The van der Waals surface area contributed by atoms with E-state index in [0.29, 0.717) is 12.8 Å². The quantitative estimate of drug-likeness (QED) is 0.832. The van der Waals surface area contributed by atoms with Gasteiger partial charge in [-0.05, 0) is 37.1 Å². The molecule has 1 aromatic heterocycles. The van der Waals surface area contributed by atoms with E-state index in [1.165, 1.54) is 24.3 Å². The molecule has 2 N–H and O–H groups in total. The van der Waals surface area contributed by atoms with Crippen LogP contribution in [-0.2, 0) is 4.79 Å². The summed E-state index contributed by atoms with van der Waals surface area (Å²) in [5, 5.41) is 2.90. The largest absolute Gasteiger partial charge is 0.348 e. The molecule has 2 amide bonds.